The fourth-order valence-electron chi connectivity index (χ4n) is 1.51. The summed E-state index contributed by atoms with van der Waals surface area (Å²) in [5.74, 6) is 1.33. The molecule has 6 nitrogen and oxygen atoms in total. The first-order valence-corrected chi connectivity index (χ1v) is 5.40. The van der Waals surface area contributed by atoms with Crippen LogP contribution in [0.5, 0.6) is 5.75 Å². The van der Waals surface area contributed by atoms with E-state index in [9.17, 15) is 0 Å². The summed E-state index contributed by atoms with van der Waals surface area (Å²) >= 11 is 0. The summed E-state index contributed by atoms with van der Waals surface area (Å²) in [5, 5.41) is 15.9. The van der Waals surface area contributed by atoms with Crippen LogP contribution in [0.1, 0.15) is 11.4 Å². The molecule has 1 aromatic carbocycles. The number of methoxy groups -OCH3 is 1. The van der Waals surface area contributed by atoms with Crippen molar-refractivity contribution >= 4 is 5.69 Å². The Morgan fingerprint density at radius 2 is 2.39 bits per heavy atom. The molecule has 0 amide bonds. The molecular weight excluding hydrogens is 232 g/mol. The summed E-state index contributed by atoms with van der Waals surface area (Å²) in [6, 6.07) is 7.38. The Labute approximate surface area is 104 Å². The van der Waals surface area contributed by atoms with Crippen LogP contribution in [0.2, 0.25) is 0 Å². The number of rotatable bonds is 5. The number of nitrogens with one attached hydrogen (secondary N) is 1. The first-order valence-electron chi connectivity index (χ1n) is 5.40. The highest BCUT2D eigenvalue weighted by molar-refractivity contribution is 5.60. The van der Waals surface area contributed by atoms with Crippen LogP contribution in [0.25, 0.3) is 0 Å². The predicted molar refractivity (Wildman–Crippen MR) is 64.2 cm³/mol. The Morgan fingerprint density at radius 3 is 3.06 bits per heavy atom. The number of nitrogens with zero attached hydrogens (tertiary/aromatic N) is 3. The zero-order chi connectivity index (χ0) is 12.8. The molecule has 6 heteroatoms. The molecule has 0 saturated heterocycles. The Kier molecular flexibility index (Phi) is 3.76. The van der Waals surface area contributed by atoms with Crippen molar-refractivity contribution in [2.75, 3.05) is 19.0 Å². The minimum absolute atomic E-state index is 0.573. The van der Waals surface area contributed by atoms with E-state index in [-0.39, 0.29) is 0 Å². The molecule has 0 atom stereocenters. The van der Waals surface area contributed by atoms with Crippen LogP contribution < -0.4 is 10.1 Å². The number of benzene rings is 1. The molecule has 0 aliphatic carbocycles. The topological polar surface area (TPSA) is 84.0 Å². The van der Waals surface area contributed by atoms with Crippen molar-refractivity contribution in [2.24, 2.45) is 0 Å². The van der Waals surface area contributed by atoms with Crippen LogP contribution >= 0.6 is 0 Å². The van der Waals surface area contributed by atoms with E-state index in [0.717, 1.165) is 5.69 Å². The lowest BCUT2D eigenvalue weighted by atomic mass is 10.2. The van der Waals surface area contributed by atoms with Gasteiger partial charge in [0.05, 0.1) is 18.4 Å². The maximum Gasteiger partial charge on any atom is 0.213 e. The van der Waals surface area contributed by atoms with Crippen LogP contribution in [-0.2, 0) is 6.42 Å². The van der Waals surface area contributed by atoms with Gasteiger partial charge in [0.1, 0.15) is 11.8 Å². The van der Waals surface area contributed by atoms with Gasteiger partial charge in [-0.2, -0.15) is 10.2 Å². The van der Waals surface area contributed by atoms with Crippen LogP contribution in [0.4, 0.5) is 5.69 Å². The van der Waals surface area contributed by atoms with Crippen molar-refractivity contribution in [2.45, 2.75) is 6.42 Å². The molecule has 0 unspecified atom stereocenters. The Hall–Kier alpha value is -2.55. The molecule has 2 rings (SSSR count). The van der Waals surface area contributed by atoms with E-state index >= 15 is 0 Å². The van der Waals surface area contributed by atoms with E-state index < -0.39 is 0 Å². The van der Waals surface area contributed by atoms with Crippen LogP contribution in [-0.4, -0.2) is 23.8 Å². The monoisotopic (exact) mass is 244 g/mol. The zero-order valence-electron chi connectivity index (χ0n) is 9.88. The van der Waals surface area contributed by atoms with Gasteiger partial charge >= 0.3 is 0 Å². The average molecular weight is 244 g/mol. The first-order chi connectivity index (χ1) is 8.83. The molecule has 1 N–H and O–H groups in total. The maximum absolute atomic E-state index is 8.99. The summed E-state index contributed by atoms with van der Waals surface area (Å²) < 4.78 is 9.75. The quantitative estimate of drug-likeness (QED) is 0.860. The lowest BCUT2D eigenvalue weighted by molar-refractivity contribution is 0.410. The van der Waals surface area contributed by atoms with Crippen molar-refractivity contribution in [1.29, 1.82) is 5.26 Å². The van der Waals surface area contributed by atoms with E-state index in [4.69, 9.17) is 10.00 Å². The van der Waals surface area contributed by atoms with Gasteiger partial charge in [-0.15, -0.1) is 0 Å². The number of anilines is 1. The second-order valence-corrected chi connectivity index (χ2v) is 3.55. The summed E-state index contributed by atoms with van der Waals surface area (Å²) in [6.45, 7) is 0.612. The van der Waals surface area contributed by atoms with E-state index in [0.29, 0.717) is 30.1 Å². The van der Waals surface area contributed by atoms with Gasteiger partial charge in [0.2, 0.25) is 6.39 Å². The third kappa shape index (κ3) is 2.77. The number of nitriles is 1. The van der Waals surface area contributed by atoms with E-state index in [1.807, 2.05) is 0 Å². The van der Waals surface area contributed by atoms with Crippen molar-refractivity contribution in [3.63, 3.8) is 0 Å². The molecule has 0 spiro atoms. The summed E-state index contributed by atoms with van der Waals surface area (Å²) in [7, 11) is 1.59. The summed E-state index contributed by atoms with van der Waals surface area (Å²) in [5.41, 5.74) is 1.31. The molecular formula is C12H12N4O2. The molecule has 0 saturated carbocycles. The summed E-state index contributed by atoms with van der Waals surface area (Å²) in [6.07, 6.45) is 1.92. The van der Waals surface area contributed by atoms with Gasteiger partial charge in [0.25, 0.3) is 0 Å². The minimum Gasteiger partial charge on any atom is -0.497 e. The second kappa shape index (κ2) is 5.68. The highest BCUT2D eigenvalue weighted by atomic mass is 16.5. The predicted octanol–water partition coefficient (Wildman–Crippen LogP) is 1.60. The van der Waals surface area contributed by atoms with Crippen molar-refractivity contribution in [3.05, 3.63) is 36.0 Å². The first kappa shape index (κ1) is 11.9. The molecule has 0 fully saturated rings. The van der Waals surface area contributed by atoms with Gasteiger partial charge in [0.15, 0.2) is 5.82 Å². The number of ether oxygens (including phenoxy) is 1. The lowest BCUT2D eigenvalue weighted by Gasteiger charge is -2.08. The molecule has 0 bridgehead atoms. The normalized spacial score (nSPS) is 9.78. The maximum atomic E-state index is 8.99. The van der Waals surface area contributed by atoms with Crippen LogP contribution in [0.3, 0.4) is 0 Å². The largest absolute Gasteiger partial charge is 0.497 e. The van der Waals surface area contributed by atoms with Gasteiger partial charge in [-0.05, 0) is 12.1 Å². The number of aromatic nitrogens is 2. The molecule has 1 heterocycles. The highest BCUT2D eigenvalue weighted by Crippen LogP contribution is 2.21. The second-order valence-electron chi connectivity index (χ2n) is 3.55. The fourth-order valence-corrected chi connectivity index (χ4v) is 1.51. The smallest absolute Gasteiger partial charge is 0.213 e. The molecule has 2 aromatic rings. The van der Waals surface area contributed by atoms with Crippen LogP contribution in [0.15, 0.2) is 29.1 Å². The molecule has 0 aliphatic heterocycles. The van der Waals surface area contributed by atoms with E-state index in [1.54, 1.807) is 25.3 Å². The minimum atomic E-state index is 0.573. The number of hydrogen-bond acceptors (Lipinski definition) is 6. The highest BCUT2D eigenvalue weighted by Gasteiger charge is 2.04. The van der Waals surface area contributed by atoms with Crippen molar-refractivity contribution in [3.8, 4) is 11.8 Å². The SMILES string of the molecule is COc1ccc(C#N)c(NCCc2ncon2)c1. The Balaban J connectivity index is 2.01. The van der Waals surface area contributed by atoms with E-state index in [1.165, 1.54) is 6.39 Å². The van der Waals surface area contributed by atoms with Gasteiger partial charge < -0.3 is 14.6 Å². The molecule has 0 radical (unpaired) electrons. The van der Waals surface area contributed by atoms with Gasteiger partial charge in [-0.3, -0.25) is 0 Å². The number of hydrogen-bond donors (Lipinski definition) is 1. The van der Waals surface area contributed by atoms with Crippen molar-refractivity contribution in [1.82, 2.24) is 10.1 Å². The Morgan fingerprint density at radius 1 is 1.50 bits per heavy atom. The van der Waals surface area contributed by atoms with Gasteiger partial charge in [-0.25, -0.2) is 0 Å². The fraction of sp³-hybridized carbons (Fsp3) is 0.250. The zero-order valence-corrected chi connectivity index (χ0v) is 9.88. The average Bonchev–Trinajstić information content (AvgIpc) is 2.92. The summed E-state index contributed by atoms with van der Waals surface area (Å²) in [4.78, 5) is 3.92. The van der Waals surface area contributed by atoms with Gasteiger partial charge in [-0.1, -0.05) is 5.16 Å². The Bertz CT molecular complexity index is 546. The molecule has 1 aromatic heterocycles. The van der Waals surface area contributed by atoms with E-state index in [2.05, 4.69) is 26.0 Å². The van der Waals surface area contributed by atoms with Crippen LogP contribution in [0, 0.1) is 11.3 Å². The third-order valence-electron chi connectivity index (χ3n) is 2.42. The van der Waals surface area contributed by atoms with Crippen molar-refractivity contribution < 1.29 is 9.26 Å². The lowest BCUT2D eigenvalue weighted by Crippen LogP contribution is -2.07. The third-order valence-corrected chi connectivity index (χ3v) is 2.42. The molecule has 18 heavy (non-hydrogen) atoms. The molecule has 0 aliphatic rings. The standard InChI is InChI=1S/C12H12N4O2/c1-17-10-3-2-9(7-13)11(6-10)14-5-4-12-15-8-18-16-12/h2-3,6,8,14H,4-5H2,1H3. The van der Waals surface area contributed by atoms with Gasteiger partial charge in [0, 0.05) is 19.0 Å². The molecule has 92 valence electrons.